The molecule has 2 unspecified atom stereocenters. The molecule has 25 heavy (non-hydrogen) atoms. The quantitative estimate of drug-likeness (QED) is 0.620. The second-order valence-electron chi connectivity index (χ2n) is 7.71. The molecular formula is C23H31NO. The number of ether oxygens (including phenoxy) is 1. The Hall–Kier alpha value is -1.96. The first-order valence-corrected chi connectivity index (χ1v) is 9.65. The van der Waals surface area contributed by atoms with Crippen molar-refractivity contribution < 1.29 is 4.74 Å². The van der Waals surface area contributed by atoms with E-state index in [9.17, 15) is 0 Å². The van der Waals surface area contributed by atoms with Gasteiger partial charge in [0.05, 0.1) is 0 Å². The Balaban J connectivity index is 1.86. The van der Waals surface area contributed by atoms with E-state index < -0.39 is 0 Å². The van der Waals surface area contributed by atoms with Gasteiger partial charge in [0.1, 0.15) is 5.75 Å². The average Bonchev–Trinajstić information content (AvgIpc) is 2.62. The van der Waals surface area contributed by atoms with Gasteiger partial charge in [0.25, 0.3) is 0 Å². The molecule has 0 saturated heterocycles. The molecule has 1 heterocycles. The van der Waals surface area contributed by atoms with Crippen LogP contribution in [-0.4, -0.2) is 6.73 Å². The molecule has 0 fully saturated rings. The van der Waals surface area contributed by atoms with Gasteiger partial charge in [-0.3, -0.25) is 0 Å². The molecule has 2 atom stereocenters. The van der Waals surface area contributed by atoms with Gasteiger partial charge in [0, 0.05) is 17.8 Å². The fourth-order valence-electron chi connectivity index (χ4n) is 4.28. The lowest BCUT2D eigenvalue weighted by molar-refractivity contribution is 0.288. The molecule has 2 nitrogen and oxygen atoms in total. The Kier molecular flexibility index (Phi) is 5.67. The van der Waals surface area contributed by atoms with Crippen molar-refractivity contribution in [1.29, 1.82) is 0 Å². The summed E-state index contributed by atoms with van der Waals surface area (Å²) in [4.78, 5) is 2.30. The Morgan fingerprint density at radius 2 is 1.80 bits per heavy atom. The van der Waals surface area contributed by atoms with Crippen molar-refractivity contribution in [3.63, 3.8) is 0 Å². The minimum absolute atomic E-state index is 0.609. The maximum absolute atomic E-state index is 6.02. The molecule has 0 aliphatic carbocycles. The van der Waals surface area contributed by atoms with E-state index in [1.165, 1.54) is 29.7 Å². The molecule has 0 aromatic heterocycles. The monoisotopic (exact) mass is 337 g/mol. The van der Waals surface area contributed by atoms with Crippen LogP contribution < -0.4 is 9.64 Å². The normalized spacial score (nSPS) is 16.3. The number of anilines is 1. The molecule has 0 amide bonds. The highest BCUT2D eigenvalue weighted by molar-refractivity contribution is 5.50. The minimum Gasteiger partial charge on any atom is -0.473 e. The lowest BCUT2D eigenvalue weighted by atomic mass is 9.77. The molecule has 2 aromatic carbocycles. The summed E-state index contributed by atoms with van der Waals surface area (Å²) in [6, 6.07) is 17.4. The SMILES string of the molecule is CCCC(C)C(c1ccc2c(c1)CN(c1ccccc1)CO2)C(C)C. The van der Waals surface area contributed by atoms with E-state index in [4.69, 9.17) is 4.74 Å². The van der Waals surface area contributed by atoms with Crippen molar-refractivity contribution >= 4 is 5.69 Å². The summed E-state index contributed by atoms with van der Waals surface area (Å²) in [5.74, 6) is 3.01. The van der Waals surface area contributed by atoms with Gasteiger partial charge in [-0.05, 0) is 41.5 Å². The highest BCUT2D eigenvalue weighted by Crippen LogP contribution is 2.38. The Bertz CT molecular complexity index is 680. The lowest BCUT2D eigenvalue weighted by Crippen LogP contribution is -2.32. The minimum atomic E-state index is 0.609. The highest BCUT2D eigenvalue weighted by atomic mass is 16.5. The third kappa shape index (κ3) is 4.00. The lowest BCUT2D eigenvalue weighted by Gasteiger charge is -2.33. The number of fused-ring (bicyclic) bond motifs is 1. The van der Waals surface area contributed by atoms with Crippen molar-refractivity contribution in [2.24, 2.45) is 11.8 Å². The largest absolute Gasteiger partial charge is 0.473 e. The van der Waals surface area contributed by atoms with Crippen LogP contribution in [0.5, 0.6) is 5.75 Å². The molecular weight excluding hydrogens is 306 g/mol. The Labute approximate surface area is 152 Å². The summed E-state index contributed by atoms with van der Waals surface area (Å²) < 4.78 is 6.02. The van der Waals surface area contributed by atoms with Crippen molar-refractivity contribution in [2.45, 2.75) is 53.0 Å². The van der Waals surface area contributed by atoms with Crippen LogP contribution in [0, 0.1) is 11.8 Å². The fourth-order valence-corrected chi connectivity index (χ4v) is 4.28. The number of hydrogen-bond acceptors (Lipinski definition) is 2. The molecule has 1 aliphatic rings. The van der Waals surface area contributed by atoms with E-state index in [0.717, 1.165) is 12.3 Å². The van der Waals surface area contributed by atoms with Crippen molar-refractivity contribution in [2.75, 3.05) is 11.6 Å². The van der Waals surface area contributed by atoms with Crippen molar-refractivity contribution in [3.05, 3.63) is 59.7 Å². The van der Waals surface area contributed by atoms with E-state index in [-0.39, 0.29) is 0 Å². The van der Waals surface area contributed by atoms with E-state index in [1.54, 1.807) is 0 Å². The Morgan fingerprint density at radius 3 is 2.48 bits per heavy atom. The standard InChI is InChI=1S/C23H31NO/c1-5-9-18(4)23(17(2)3)19-12-13-22-20(14-19)15-24(16-25-22)21-10-7-6-8-11-21/h6-8,10-14,17-18,23H,5,9,15-16H2,1-4H3. The highest BCUT2D eigenvalue weighted by Gasteiger charge is 2.25. The fraction of sp³-hybridized carbons (Fsp3) is 0.478. The molecule has 0 bridgehead atoms. The molecule has 2 aromatic rings. The van der Waals surface area contributed by atoms with Gasteiger partial charge in [0.2, 0.25) is 0 Å². The van der Waals surface area contributed by atoms with Crippen molar-refractivity contribution in [3.8, 4) is 5.75 Å². The zero-order chi connectivity index (χ0) is 17.8. The molecule has 1 aliphatic heterocycles. The van der Waals surface area contributed by atoms with Crippen LogP contribution in [0.2, 0.25) is 0 Å². The van der Waals surface area contributed by atoms with E-state index >= 15 is 0 Å². The third-order valence-corrected chi connectivity index (χ3v) is 5.40. The topological polar surface area (TPSA) is 12.5 Å². The first-order chi connectivity index (χ1) is 12.1. The van der Waals surface area contributed by atoms with Crippen LogP contribution in [0.4, 0.5) is 5.69 Å². The van der Waals surface area contributed by atoms with E-state index in [1.807, 2.05) is 0 Å². The van der Waals surface area contributed by atoms with Gasteiger partial charge < -0.3 is 9.64 Å². The van der Waals surface area contributed by atoms with Gasteiger partial charge >= 0.3 is 0 Å². The summed E-state index contributed by atoms with van der Waals surface area (Å²) in [5, 5.41) is 0. The second-order valence-corrected chi connectivity index (χ2v) is 7.71. The van der Waals surface area contributed by atoms with Crippen LogP contribution in [0.1, 0.15) is 57.6 Å². The molecule has 2 heteroatoms. The molecule has 0 radical (unpaired) electrons. The van der Waals surface area contributed by atoms with E-state index in [2.05, 4.69) is 81.1 Å². The van der Waals surface area contributed by atoms with Crippen LogP contribution >= 0.6 is 0 Å². The summed E-state index contributed by atoms with van der Waals surface area (Å²) >= 11 is 0. The average molecular weight is 338 g/mol. The maximum Gasteiger partial charge on any atom is 0.161 e. The number of para-hydroxylation sites is 1. The zero-order valence-corrected chi connectivity index (χ0v) is 16.0. The second kappa shape index (κ2) is 7.95. The molecule has 0 spiro atoms. The number of benzene rings is 2. The van der Waals surface area contributed by atoms with Crippen LogP contribution in [0.3, 0.4) is 0 Å². The molecule has 0 N–H and O–H groups in total. The molecule has 3 rings (SSSR count). The first-order valence-electron chi connectivity index (χ1n) is 9.65. The summed E-state index contributed by atoms with van der Waals surface area (Å²) in [6.07, 6.45) is 2.53. The number of nitrogens with zero attached hydrogens (tertiary/aromatic N) is 1. The first kappa shape index (κ1) is 17.8. The van der Waals surface area contributed by atoms with Gasteiger partial charge in [-0.1, -0.05) is 70.9 Å². The third-order valence-electron chi connectivity index (χ3n) is 5.40. The Morgan fingerprint density at radius 1 is 1.04 bits per heavy atom. The summed E-state index contributed by atoms with van der Waals surface area (Å²) in [6.45, 7) is 10.9. The number of hydrogen-bond donors (Lipinski definition) is 0. The van der Waals surface area contributed by atoms with E-state index in [0.29, 0.717) is 24.5 Å². The van der Waals surface area contributed by atoms with Crippen LogP contribution in [-0.2, 0) is 6.54 Å². The smallest absolute Gasteiger partial charge is 0.161 e. The van der Waals surface area contributed by atoms with Crippen molar-refractivity contribution in [1.82, 2.24) is 0 Å². The molecule has 0 saturated carbocycles. The maximum atomic E-state index is 6.02. The summed E-state index contributed by atoms with van der Waals surface area (Å²) in [7, 11) is 0. The summed E-state index contributed by atoms with van der Waals surface area (Å²) in [5.41, 5.74) is 3.99. The predicted octanol–water partition coefficient (Wildman–Crippen LogP) is 6.22. The van der Waals surface area contributed by atoms with Crippen LogP contribution in [0.25, 0.3) is 0 Å². The zero-order valence-electron chi connectivity index (χ0n) is 16.0. The predicted molar refractivity (Wildman–Crippen MR) is 106 cm³/mol. The molecule has 134 valence electrons. The van der Waals surface area contributed by atoms with Gasteiger partial charge in [-0.2, -0.15) is 0 Å². The number of rotatable bonds is 6. The van der Waals surface area contributed by atoms with Gasteiger partial charge in [-0.15, -0.1) is 0 Å². The van der Waals surface area contributed by atoms with Gasteiger partial charge in [-0.25, -0.2) is 0 Å². The van der Waals surface area contributed by atoms with Gasteiger partial charge in [0.15, 0.2) is 6.73 Å². The van der Waals surface area contributed by atoms with Crippen LogP contribution in [0.15, 0.2) is 48.5 Å².